The Bertz CT molecular complexity index is 473. The number of benzene rings is 1. The van der Waals surface area contributed by atoms with Gasteiger partial charge in [-0.25, -0.2) is 0 Å². The number of hydrogen-bond donors (Lipinski definition) is 1. The third-order valence-electron chi connectivity index (χ3n) is 2.43. The second kappa shape index (κ2) is 3.41. The first-order valence-corrected chi connectivity index (χ1v) is 5.31. The maximum absolute atomic E-state index is 9.60. The molecule has 1 aromatic carbocycles. The number of hydrogen-bond acceptors (Lipinski definition) is 1. The van der Waals surface area contributed by atoms with Gasteiger partial charge in [0.05, 0.1) is 6.10 Å². The molecule has 74 valence electrons. The average molecular weight is 254 g/mol. The third-order valence-corrected chi connectivity index (χ3v) is 2.93. The van der Waals surface area contributed by atoms with Crippen LogP contribution >= 0.6 is 15.9 Å². The van der Waals surface area contributed by atoms with Crippen molar-refractivity contribution in [1.29, 1.82) is 0 Å². The van der Waals surface area contributed by atoms with Gasteiger partial charge in [-0.15, -0.1) is 0 Å². The van der Waals surface area contributed by atoms with Crippen molar-refractivity contribution in [1.82, 2.24) is 4.57 Å². The van der Waals surface area contributed by atoms with E-state index in [4.69, 9.17) is 0 Å². The van der Waals surface area contributed by atoms with Crippen LogP contribution in [0, 0.1) is 0 Å². The van der Waals surface area contributed by atoms with Gasteiger partial charge in [-0.2, -0.15) is 0 Å². The molecule has 1 N–H and O–H groups in total. The first-order chi connectivity index (χ1) is 6.59. The minimum Gasteiger partial charge on any atom is -0.389 e. The molecule has 0 fully saturated rings. The van der Waals surface area contributed by atoms with E-state index in [2.05, 4.69) is 15.9 Å². The molecule has 0 saturated heterocycles. The molecule has 0 spiro atoms. The lowest BCUT2D eigenvalue weighted by Crippen LogP contribution is -1.88. The van der Waals surface area contributed by atoms with Crippen molar-refractivity contribution >= 4 is 26.8 Å². The lowest BCUT2D eigenvalue weighted by atomic mass is 10.1. The molecule has 0 aliphatic rings. The number of aliphatic hydroxyl groups is 1. The fraction of sp³-hybridized carbons (Fsp3) is 0.273. The standard InChI is InChI=1S/C11H12BrNO/c1-7(14)10-6-13(2)11-4-3-8(12)5-9(10)11/h3-7,14H,1-2H3. The predicted octanol–water partition coefficient (Wildman–Crippen LogP) is 2.99. The zero-order chi connectivity index (χ0) is 10.3. The SMILES string of the molecule is CC(O)c1cn(C)c2ccc(Br)cc12. The van der Waals surface area contributed by atoms with Crippen molar-refractivity contribution in [3.8, 4) is 0 Å². The van der Waals surface area contributed by atoms with E-state index in [1.165, 1.54) is 0 Å². The van der Waals surface area contributed by atoms with Gasteiger partial charge in [0.1, 0.15) is 0 Å². The minimum absolute atomic E-state index is 0.423. The van der Waals surface area contributed by atoms with Crippen molar-refractivity contribution in [2.75, 3.05) is 0 Å². The molecule has 0 saturated carbocycles. The molecule has 0 aliphatic carbocycles. The molecule has 1 aromatic heterocycles. The zero-order valence-electron chi connectivity index (χ0n) is 8.16. The van der Waals surface area contributed by atoms with Gasteiger partial charge in [0.2, 0.25) is 0 Å². The largest absolute Gasteiger partial charge is 0.389 e. The molecule has 14 heavy (non-hydrogen) atoms. The number of halogens is 1. The molecule has 0 radical (unpaired) electrons. The average Bonchev–Trinajstić information content (AvgIpc) is 2.43. The summed E-state index contributed by atoms with van der Waals surface area (Å²) >= 11 is 3.43. The molecule has 2 aromatic rings. The van der Waals surface area contributed by atoms with E-state index in [1.807, 2.05) is 36.0 Å². The Hall–Kier alpha value is -0.800. The monoisotopic (exact) mass is 253 g/mol. The first kappa shape index (κ1) is 9.74. The molecule has 0 bridgehead atoms. The van der Waals surface area contributed by atoms with Crippen molar-refractivity contribution < 1.29 is 5.11 Å². The predicted molar refractivity (Wildman–Crippen MR) is 61.3 cm³/mol. The molecular formula is C11H12BrNO. The van der Waals surface area contributed by atoms with E-state index in [9.17, 15) is 5.11 Å². The Morgan fingerprint density at radius 3 is 2.79 bits per heavy atom. The first-order valence-electron chi connectivity index (χ1n) is 4.52. The molecule has 1 heterocycles. The number of aromatic nitrogens is 1. The van der Waals surface area contributed by atoms with E-state index in [0.717, 1.165) is 20.9 Å². The summed E-state index contributed by atoms with van der Waals surface area (Å²) in [5.74, 6) is 0. The van der Waals surface area contributed by atoms with E-state index < -0.39 is 6.10 Å². The summed E-state index contributed by atoms with van der Waals surface area (Å²) < 4.78 is 3.07. The van der Waals surface area contributed by atoms with Crippen LogP contribution in [0.3, 0.4) is 0 Å². The highest BCUT2D eigenvalue weighted by Gasteiger charge is 2.10. The lowest BCUT2D eigenvalue weighted by molar-refractivity contribution is 0.200. The smallest absolute Gasteiger partial charge is 0.0782 e. The van der Waals surface area contributed by atoms with Gasteiger partial charge in [-0.3, -0.25) is 0 Å². The number of rotatable bonds is 1. The van der Waals surface area contributed by atoms with Crippen LogP contribution in [0.25, 0.3) is 10.9 Å². The number of fused-ring (bicyclic) bond motifs is 1. The van der Waals surface area contributed by atoms with Crippen LogP contribution in [0.2, 0.25) is 0 Å². The molecule has 3 heteroatoms. The van der Waals surface area contributed by atoms with Gasteiger partial charge in [-0.1, -0.05) is 15.9 Å². The Balaban J connectivity index is 2.79. The summed E-state index contributed by atoms with van der Waals surface area (Å²) in [5.41, 5.74) is 2.12. The fourth-order valence-corrected chi connectivity index (χ4v) is 2.09. The highest BCUT2D eigenvalue weighted by Crippen LogP contribution is 2.28. The zero-order valence-corrected chi connectivity index (χ0v) is 9.75. The summed E-state index contributed by atoms with van der Waals surface area (Å²) in [7, 11) is 1.99. The van der Waals surface area contributed by atoms with Crippen LogP contribution in [0.4, 0.5) is 0 Å². The minimum atomic E-state index is -0.423. The Morgan fingerprint density at radius 1 is 1.43 bits per heavy atom. The van der Waals surface area contributed by atoms with Crippen molar-refractivity contribution in [2.45, 2.75) is 13.0 Å². The molecule has 1 unspecified atom stereocenters. The maximum atomic E-state index is 9.60. The van der Waals surface area contributed by atoms with Crippen LogP contribution in [0.1, 0.15) is 18.6 Å². The molecule has 2 rings (SSSR count). The normalized spacial score (nSPS) is 13.4. The van der Waals surface area contributed by atoms with E-state index >= 15 is 0 Å². The van der Waals surface area contributed by atoms with E-state index in [0.29, 0.717) is 0 Å². The summed E-state index contributed by atoms with van der Waals surface area (Å²) in [6.45, 7) is 1.79. The summed E-state index contributed by atoms with van der Waals surface area (Å²) in [5, 5.41) is 10.7. The fourth-order valence-electron chi connectivity index (χ4n) is 1.73. The van der Waals surface area contributed by atoms with Crippen molar-refractivity contribution in [3.63, 3.8) is 0 Å². The van der Waals surface area contributed by atoms with Gasteiger partial charge >= 0.3 is 0 Å². The van der Waals surface area contributed by atoms with Crippen LogP contribution in [-0.2, 0) is 7.05 Å². The second-order valence-electron chi connectivity index (χ2n) is 3.53. The summed E-state index contributed by atoms with van der Waals surface area (Å²) in [6, 6.07) is 6.09. The maximum Gasteiger partial charge on any atom is 0.0782 e. The molecule has 1 atom stereocenters. The highest BCUT2D eigenvalue weighted by molar-refractivity contribution is 9.10. The number of aliphatic hydroxyl groups excluding tert-OH is 1. The number of nitrogens with zero attached hydrogens (tertiary/aromatic N) is 1. The molecule has 0 aliphatic heterocycles. The topological polar surface area (TPSA) is 25.2 Å². The molecular weight excluding hydrogens is 242 g/mol. The molecule has 2 nitrogen and oxygen atoms in total. The highest BCUT2D eigenvalue weighted by atomic mass is 79.9. The van der Waals surface area contributed by atoms with E-state index in [1.54, 1.807) is 6.92 Å². The quantitative estimate of drug-likeness (QED) is 0.831. The lowest BCUT2D eigenvalue weighted by Gasteiger charge is -2.01. The van der Waals surface area contributed by atoms with Crippen molar-refractivity contribution in [3.05, 3.63) is 34.4 Å². The van der Waals surface area contributed by atoms with Crippen molar-refractivity contribution in [2.24, 2.45) is 7.05 Å². The summed E-state index contributed by atoms with van der Waals surface area (Å²) in [6.07, 6.45) is 1.55. The number of aryl methyl sites for hydroxylation is 1. The molecule has 0 amide bonds. The Kier molecular flexibility index (Phi) is 2.37. The Morgan fingerprint density at radius 2 is 2.14 bits per heavy atom. The van der Waals surface area contributed by atoms with Gasteiger partial charge in [0.25, 0.3) is 0 Å². The van der Waals surface area contributed by atoms with Gasteiger partial charge in [0, 0.05) is 34.2 Å². The van der Waals surface area contributed by atoms with Crippen LogP contribution in [-0.4, -0.2) is 9.67 Å². The van der Waals surface area contributed by atoms with Crippen LogP contribution in [0.5, 0.6) is 0 Å². The van der Waals surface area contributed by atoms with Gasteiger partial charge < -0.3 is 9.67 Å². The van der Waals surface area contributed by atoms with Gasteiger partial charge in [-0.05, 0) is 25.1 Å². The summed E-state index contributed by atoms with van der Waals surface area (Å²) in [4.78, 5) is 0. The van der Waals surface area contributed by atoms with Crippen LogP contribution in [0.15, 0.2) is 28.9 Å². The third kappa shape index (κ3) is 1.47. The Labute approximate surface area is 91.3 Å². The second-order valence-corrected chi connectivity index (χ2v) is 4.45. The van der Waals surface area contributed by atoms with Crippen LogP contribution < -0.4 is 0 Å². The van der Waals surface area contributed by atoms with E-state index in [-0.39, 0.29) is 0 Å². The van der Waals surface area contributed by atoms with Gasteiger partial charge in [0.15, 0.2) is 0 Å².